The molecule has 0 bridgehead atoms. The van der Waals surface area contributed by atoms with Crippen LogP contribution in [0.25, 0.3) is 0 Å². The summed E-state index contributed by atoms with van der Waals surface area (Å²) >= 11 is 7.12. The lowest BCUT2D eigenvalue weighted by molar-refractivity contribution is 0.194. The van der Waals surface area contributed by atoms with Crippen molar-refractivity contribution in [2.24, 2.45) is 5.41 Å². The van der Waals surface area contributed by atoms with Gasteiger partial charge in [0, 0.05) is 22.0 Å². The maximum Gasteiger partial charge on any atom is 0.0320 e. The fourth-order valence-electron chi connectivity index (χ4n) is 3.42. The van der Waals surface area contributed by atoms with Crippen molar-refractivity contribution < 1.29 is 0 Å². The van der Waals surface area contributed by atoms with E-state index in [1.54, 1.807) is 0 Å². The normalized spacial score (nSPS) is 21.9. The van der Waals surface area contributed by atoms with Crippen molar-refractivity contribution in [3.8, 4) is 0 Å². The molecule has 1 spiro atoms. The van der Waals surface area contributed by atoms with Gasteiger partial charge in [0.1, 0.15) is 0 Å². The smallest absolute Gasteiger partial charge is 0.0320 e. The molecule has 3 rings (SSSR count). The van der Waals surface area contributed by atoms with Gasteiger partial charge in [-0.25, -0.2) is 0 Å². The molecule has 1 aromatic rings. The van der Waals surface area contributed by atoms with Crippen LogP contribution in [0.15, 0.2) is 27.1 Å². The summed E-state index contributed by atoms with van der Waals surface area (Å²) in [4.78, 5) is 2.63. The first-order chi connectivity index (χ1) is 9.17. The fourth-order valence-corrected chi connectivity index (χ4v) is 4.10. The first kappa shape index (κ1) is 16.8. The Hall–Kier alpha value is 0.390. The fraction of sp³-hybridized carbons (Fsp3) is 0.600. The van der Waals surface area contributed by atoms with Crippen molar-refractivity contribution in [2.45, 2.75) is 25.8 Å². The largest absolute Gasteiger partial charge is 0.317 e. The number of rotatable bonds is 2. The number of nitrogens with zero attached hydrogens (tertiary/aromatic N) is 1. The van der Waals surface area contributed by atoms with Crippen LogP contribution in [-0.2, 0) is 6.54 Å². The number of hydrogen-bond donors (Lipinski definition) is 1. The van der Waals surface area contributed by atoms with Gasteiger partial charge in [-0.2, -0.15) is 0 Å². The van der Waals surface area contributed by atoms with Crippen molar-refractivity contribution in [3.05, 3.63) is 32.7 Å². The molecule has 2 aliphatic heterocycles. The third-order valence-corrected chi connectivity index (χ3v) is 6.45. The summed E-state index contributed by atoms with van der Waals surface area (Å²) in [6, 6.07) is 6.59. The molecule has 2 nitrogen and oxygen atoms in total. The van der Waals surface area contributed by atoms with E-state index in [-0.39, 0.29) is 12.4 Å². The second-order valence-corrected chi connectivity index (χ2v) is 7.67. The van der Waals surface area contributed by atoms with Crippen LogP contribution in [0.2, 0.25) is 0 Å². The number of nitrogens with one attached hydrogen (secondary N) is 1. The highest BCUT2D eigenvalue weighted by Crippen LogP contribution is 2.39. The summed E-state index contributed by atoms with van der Waals surface area (Å²) in [5, 5.41) is 3.48. The molecule has 0 atom stereocenters. The Morgan fingerprint density at radius 2 is 1.85 bits per heavy atom. The van der Waals surface area contributed by atoms with Gasteiger partial charge in [0.2, 0.25) is 0 Å². The number of hydrogen-bond acceptors (Lipinski definition) is 2. The summed E-state index contributed by atoms with van der Waals surface area (Å²) in [5.74, 6) is 0. The zero-order chi connectivity index (χ0) is 13.3. The van der Waals surface area contributed by atoms with Crippen LogP contribution < -0.4 is 5.32 Å². The number of benzene rings is 1. The van der Waals surface area contributed by atoms with Gasteiger partial charge in [-0.1, -0.05) is 6.07 Å². The number of piperidine rings is 1. The molecule has 2 fully saturated rings. The van der Waals surface area contributed by atoms with Crippen LogP contribution in [0, 0.1) is 5.41 Å². The van der Waals surface area contributed by atoms with Crippen molar-refractivity contribution in [1.29, 1.82) is 0 Å². The molecule has 2 aliphatic rings. The van der Waals surface area contributed by atoms with Gasteiger partial charge in [-0.05, 0) is 93.9 Å². The van der Waals surface area contributed by atoms with E-state index in [0.29, 0.717) is 5.41 Å². The maximum atomic E-state index is 3.59. The second-order valence-electron chi connectivity index (χ2n) is 5.96. The molecule has 20 heavy (non-hydrogen) atoms. The first-order valence-electron chi connectivity index (χ1n) is 7.04. The van der Waals surface area contributed by atoms with Crippen LogP contribution in [0.5, 0.6) is 0 Å². The molecule has 1 aromatic carbocycles. The Labute approximate surface area is 144 Å². The van der Waals surface area contributed by atoms with Crippen molar-refractivity contribution in [1.82, 2.24) is 10.2 Å². The molecule has 5 heteroatoms. The molecule has 1 N–H and O–H groups in total. The third-order valence-electron chi connectivity index (χ3n) is 4.57. The number of likely N-dealkylation sites (tertiary alicyclic amines) is 1. The zero-order valence-corrected chi connectivity index (χ0v) is 15.5. The SMILES string of the molecule is Brc1ccc(CN2CCC3(CCNCC3)C2)cc1Br.Cl. The summed E-state index contributed by atoms with van der Waals surface area (Å²) in [5.41, 5.74) is 2.01. The molecular weight excluding hydrogens is 403 g/mol. The number of halogens is 3. The molecule has 2 saturated heterocycles. The summed E-state index contributed by atoms with van der Waals surface area (Å²) in [6.45, 7) is 6.03. The minimum absolute atomic E-state index is 0. The molecule has 112 valence electrons. The Bertz CT molecular complexity index is 461. The average Bonchev–Trinajstić information content (AvgIpc) is 2.78. The zero-order valence-electron chi connectivity index (χ0n) is 11.5. The Morgan fingerprint density at radius 1 is 1.10 bits per heavy atom. The van der Waals surface area contributed by atoms with E-state index in [1.807, 2.05) is 0 Å². The third kappa shape index (κ3) is 3.77. The van der Waals surface area contributed by atoms with Crippen LogP contribution in [0.3, 0.4) is 0 Å². The van der Waals surface area contributed by atoms with Gasteiger partial charge in [0.05, 0.1) is 0 Å². The lowest BCUT2D eigenvalue weighted by atomic mass is 9.78. The predicted molar refractivity (Wildman–Crippen MR) is 93.5 cm³/mol. The summed E-state index contributed by atoms with van der Waals surface area (Å²) in [7, 11) is 0. The van der Waals surface area contributed by atoms with E-state index in [9.17, 15) is 0 Å². The van der Waals surface area contributed by atoms with E-state index < -0.39 is 0 Å². The Morgan fingerprint density at radius 3 is 2.55 bits per heavy atom. The van der Waals surface area contributed by atoms with Crippen molar-refractivity contribution >= 4 is 44.3 Å². The van der Waals surface area contributed by atoms with Crippen molar-refractivity contribution in [2.75, 3.05) is 26.2 Å². The maximum absolute atomic E-state index is 3.59. The van der Waals surface area contributed by atoms with Gasteiger partial charge >= 0.3 is 0 Å². The second kappa shape index (κ2) is 7.10. The van der Waals surface area contributed by atoms with Gasteiger partial charge in [0.25, 0.3) is 0 Å². The summed E-state index contributed by atoms with van der Waals surface area (Å²) in [6.07, 6.45) is 4.09. The minimum atomic E-state index is 0. The van der Waals surface area contributed by atoms with E-state index in [1.165, 1.54) is 51.0 Å². The Kier molecular flexibility index (Phi) is 5.95. The molecular formula is C15H21Br2ClN2. The quantitative estimate of drug-likeness (QED) is 0.765. The van der Waals surface area contributed by atoms with Crippen LogP contribution in [-0.4, -0.2) is 31.1 Å². The standard InChI is InChI=1S/C15H20Br2N2.ClH/c16-13-2-1-12(9-14(13)17)10-19-8-5-15(11-19)3-6-18-7-4-15;/h1-2,9,18H,3-8,10-11H2;1H. The lowest BCUT2D eigenvalue weighted by Gasteiger charge is -2.34. The van der Waals surface area contributed by atoms with Crippen molar-refractivity contribution in [3.63, 3.8) is 0 Å². The highest BCUT2D eigenvalue weighted by molar-refractivity contribution is 9.13. The predicted octanol–water partition coefficient (Wildman–Crippen LogP) is 4.21. The summed E-state index contributed by atoms with van der Waals surface area (Å²) < 4.78 is 2.29. The molecule has 0 aromatic heterocycles. The topological polar surface area (TPSA) is 15.3 Å². The van der Waals surface area contributed by atoms with Gasteiger partial charge in [-0.3, -0.25) is 4.90 Å². The van der Waals surface area contributed by atoms with Crippen LogP contribution >= 0.6 is 44.3 Å². The molecule has 0 aliphatic carbocycles. The Balaban J connectivity index is 0.00000147. The average molecular weight is 425 g/mol. The highest BCUT2D eigenvalue weighted by Gasteiger charge is 2.38. The molecule has 2 heterocycles. The highest BCUT2D eigenvalue weighted by atomic mass is 79.9. The lowest BCUT2D eigenvalue weighted by Crippen LogP contribution is -2.38. The monoisotopic (exact) mass is 422 g/mol. The molecule has 0 saturated carbocycles. The molecule has 0 unspecified atom stereocenters. The van der Waals surface area contributed by atoms with Crippen LogP contribution in [0.1, 0.15) is 24.8 Å². The molecule has 0 amide bonds. The first-order valence-corrected chi connectivity index (χ1v) is 8.63. The molecule has 0 radical (unpaired) electrons. The van der Waals surface area contributed by atoms with Crippen LogP contribution in [0.4, 0.5) is 0 Å². The van der Waals surface area contributed by atoms with E-state index in [4.69, 9.17) is 0 Å². The van der Waals surface area contributed by atoms with Gasteiger partial charge < -0.3 is 5.32 Å². The van der Waals surface area contributed by atoms with E-state index in [2.05, 4.69) is 60.3 Å². The van der Waals surface area contributed by atoms with Gasteiger partial charge in [0.15, 0.2) is 0 Å². The van der Waals surface area contributed by atoms with Gasteiger partial charge in [-0.15, -0.1) is 12.4 Å². The van der Waals surface area contributed by atoms with E-state index >= 15 is 0 Å². The minimum Gasteiger partial charge on any atom is -0.317 e. The van der Waals surface area contributed by atoms with E-state index in [0.717, 1.165) is 15.5 Å².